The summed E-state index contributed by atoms with van der Waals surface area (Å²) in [4.78, 5) is 24.9. The number of hydrogen-bond donors (Lipinski definition) is 2. The van der Waals surface area contributed by atoms with Gasteiger partial charge in [0.1, 0.15) is 0 Å². The number of benzene rings is 1. The standard InChI is InChI=1S/C22H32N4O2/c1-14(2)13-26-17(6)18(16(5)25-26)11-12-21(27)24-20-10-8-7-9-19(20)22(28)23-15(3)4/h7-10,14-15H,11-13H2,1-6H3,(H,23,28)(H,24,27). The second-order valence-electron chi connectivity index (χ2n) is 7.95. The number of anilines is 1. The largest absolute Gasteiger partial charge is 0.350 e. The summed E-state index contributed by atoms with van der Waals surface area (Å²) in [6, 6.07) is 7.11. The zero-order valence-corrected chi connectivity index (χ0v) is 17.8. The third-order valence-corrected chi connectivity index (χ3v) is 4.54. The summed E-state index contributed by atoms with van der Waals surface area (Å²) in [6.45, 7) is 13.1. The summed E-state index contributed by atoms with van der Waals surface area (Å²) in [5, 5.41) is 10.4. The predicted octanol–water partition coefficient (Wildman–Crippen LogP) is 3.87. The number of amides is 2. The summed E-state index contributed by atoms with van der Waals surface area (Å²) in [6.07, 6.45) is 0.969. The SMILES string of the molecule is Cc1nn(CC(C)C)c(C)c1CCC(=O)Nc1ccccc1C(=O)NC(C)C. The van der Waals surface area contributed by atoms with Crippen LogP contribution in [-0.2, 0) is 17.8 Å². The number of hydrogen-bond acceptors (Lipinski definition) is 3. The zero-order valence-electron chi connectivity index (χ0n) is 17.8. The van der Waals surface area contributed by atoms with Crippen LogP contribution in [0, 0.1) is 19.8 Å². The highest BCUT2D eigenvalue weighted by atomic mass is 16.2. The molecule has 28 heavy (non-hydrogen) atoms. The van der Waals surface area contributed by atoms with Crippen LogP contribution in [0.2, 0.25) is 0 Å². The molecular weight excluding hydrogens is 352 g/mol. The van der Waals surface area contributed by atoms with E-state index in [2.05, 4.69) is 36.5 Å². The lowest BCUT2D eigenvalue weighted by atomic mass is 10.1. The van der Waals surface area contributed by atoms with E-state index in [4.69, 9.17) is 0 Å². The van der Waals surface area contributed by atoms with E-state index in [1.807, 2.05) is 31.5 Å². The molecule has 2 aromatic rings. The van der Waals surface area contributed by atoms with E-state index < -0.39 is 0 Å². The minimum atomic E-state index is -0.187. The van der Waals surface area contributed by atoms with Gasteiger partial charge in [0, 0.05) is 24.7 Å². The molecule has 1 aromatic heterocycles. The predicted molar refractivity (Wildman–Crippen MR) is 113 cm³/mol. The van der Waals surface area contributed by atoms with Gasteiger partial charge in [-0.25, -0.2) is 0 Å². The molecule has 0 fully saturated rings. The maximum Gasteiger partial charge on any atom is 0.253 e. The molecule has 1 aromatic carbocycles. The Labute approximate surface area is 167 Å². The molecule has 152 valence electrons. The highest BCUT2D eigenvalue weighted by molar-refractivity contribution is 6.03. The van der Waals surface area contributed by atoms with Crippen molar-refractivity contribution in [3.8, 4) is 0 Å². The van der Waals surface area contributed by atoms with Gasteiger partial charge in [0.05, 0.1) is 16.9 Å². The molecule has 0 atom stereocenters. The molecule has 0 bridgehead atoms. The second-order valence-corrected chi connectivity index (χ2v) is 7.95. The lowest BCUT2D eigenvalue weighted by Gasteiger charge is -2.13. The van der Waals surface area contributed by atoms with Gasteiger partial charge < -0.3 is 10.6 Å². The molecule has 0 radical (unpaired) electrons. The molecule has 2 rings (SSSR count). The Balaban J connectivity index is 2.04. The summed E-state index contributed by atoms with van der Waals surface area (Å²) < 4.78 is 2.03. The minimum absolute atomic E-state index is 0.0320. The van der Waals surface area contributed by atoms with Gasteiger partial charge in [-0.05, 0) is 57.7 Å². The third-order valence-electron chi connectivity index (χ3n) is 4.54. The Morgan fingerprint density at radius 2 is 1.79 bits per heavy atom. The Morgan fingerprint density at radius 1 is 1.11 bits per heavy atom. The van der Waals surface area contributed by atoms with Crippen LogP contribution in [0.3, 0.4) is 0 Å². The average Bonchev–Trinajstić information content (AvgIpc) is 2.85. The number of para-hydroxylation sites is 1. The summed E-state index contributed by atoms with van der Waals surface area (Å²) >= 11 is 0. The Morgan fingerprint density at radius 3 is 2.43 bits per heavy atom. The van der Waals surface area contributed by atoms with Crippen LogP contribution in [0.15, 0.2) is 24.3 Å². The van der Waals surface area contributed by atoms with Crippen molar-refractivity contribution in [1.82, 2.24) is 15.1 Å². The van der Waals surface area contributed by atoms with E-state index in [0.29, 0.717) is 30.0 Å². The zero-order chi connectivity index (χ0) is 20.8. The van der Waals surface area contributed by atoms with E-state index in [-0.39, 0.29) is 17.9 Å². The van der Waals surface area contributed by atoms with Crippen LogP contribution in [0.25, 0.3) is 0 Å². The minimum Gasteiger partial charge on any atom is -0.350 e. The van der Waals surface area contributed by atoms with Crippen LogP contribution in [0.5, 0.6) is 0 Å². The lowest BCUT2D eigenvalue weighted by molar-refractivity contribution is -0.116. The van der Waals surface area contributed by atoms with Crippen molar-refractivity contribution in [3.05, 3.63) is 46.8 Å². The first-order valence-electron chi connectivity index (χ1n) is 9.91. The van der Waals surface area contributed by atoms with E-state index in [0.717, 1.165) is 23.5 Å². The highest BCUT2D eigenvalue weighted by Crippen LogP contribution is 2.19. The van der Waals surface area contributed by atoms with Crippen molar-refractivity contribution in [2.75, 3.05) is 5.32 Å². The maximum atomic E-state index is 12.5. The van der Waals surface area contributed by atoms with Gasteiger partial charge >= 0.3 is 0 Å². The maximum absolute atomic E-state index is 12.5. The first kappa shape index (κ1) is 21.7. The van der Waals surface area contributed by atoms with Gasteiger partial charge in [-0.3, -0.25) is 14.3 Å². The fourth-order valence-corrected chi connectivity index (χ4v) is 3.20. The van der Waals surface area contributed by atoms with Crippen molar-refractivity contribution in [3.63, 3.8) is 0 Å². The van der Waals surface area contributed by atoms with Crippen molar-refractivity contribution in [2.24, 2.45) is 5.92 Å². The molecule has 0 spiro atoms. The summed E-state index contributed by atoms with van der Waals surface area (Å²) in [5.41, 5.74) is 4.23. The number of aryl methyl sites for hydroxylation is 1. The van der Waals surface area contributed by atoms with Gasteiger partial charge in [0.25, 0.3) is 5.91 Å². The number of carbonyl (C=O) groups is 2. The molecule has 2 N–H and O–H groups in total. The molecule has 6 nitrogen and oxygen atoms in total. The first-order valence-corrected chi connectivity index (χ1v) is 9.91. The monoisotopic (exact) mass is 384 g/mol. The van der Waals surface area contributed by atoms with E-state index in [1.165, 1.54) is 0 Å². The van der Waals surface area contributed by atoms with Crippen LogP contribution in [0.4, 0.5) is 5.69 Å². The second kappa shape index (κ2) is 9.53. The summed E-state index contributed by atoms with van der Waals surface area (Å²) in [7, 11) is 0. The first-order chi connectivity index (χ1) is 13.2. The van der Waals surface area contributed by atoms with Gasteiger partial charge in [0.2, 0.25) is 5.91 Å². The van der Waals surface area contributed by atoms with Crippen molar-refractivity contribution in [2.45, 2.75) is 67.0 Å². The van der Waals surface area contributed by atoms with Gasteiger partial charge in [-0.15, -0.1) is 0 Å². The van der Waals surface area contributed by atoms with E-state index in [1.54, 1.807) is 18.2 Å². The normalized spacial score (nSPS) is 11.1. The summed E-state index contributed by atoms with van der Waals surface area (Å²) in [5.74, 6) is 0.218. The number of aromatic nitrogens is 2. The van der Waals surface area contributed by atoms with Gasteiger partial charge in [0.15, 0.2) is 0 Å². The third kappa shape index (κ3) is 5.68. The fraction of sp³-hybridized carbons (Fsp3) is 0.500. The molecule has 6 heteroatoms. The number of carbonyl (C=O) groups excluding carboxylic acids is 2. The molecule has 0 saturated carbocycles. The smallest absolute Gasteiger partial charge is 0.253 e. The molecular formula is C22H32N4O2. The molecule has 0 aliphatic heterocycles. The van der Waals surface area contributed by atoms with Crippen LogP contribution >= 0.6 is 0 Å². The molecule has 0 aliphatic rings. The van der Waals surface area contributed by atoms with Crippen LogP contribution < -0.4 is 10.6 Å². The fourth-order valence-electron chi connectivity index (χ4n) is 3.20. The van der Waals surface area contributed by atoms with Crippen molar-refractivity contribution in [1.29, 1.82) is 0 Å². The number of nitrogens with one attached hydrogen (secondary N) is 2. The average molecular weight is 385 g/mol. The van der Waals surface area contributed by atoms with Crippen molar-refractivity contribution >= 4 is 17.5 Å². The Bertz CT molecular complexity index is 837. The van der Waals surface area contributed by atoms with Crippen LogP contribution in [0.1, 0.15) is 61.4 Å². The molecule has 1 heterocycles. The topological polar surface area (TPSA) is 76.0 Å². The van der Waals surface area contributed by atoms with Gasteiger partial charge in [-0.2, -0.15) is 5.10 Å². The molecule has 0 unspecified atom stereocenters. The van der Waals surface area contributed by atoms with Crippen molar-refractivity contribution < 1.29 is 9.59 Å². The quantitative estimate of drug-likeness (QED) is 0.725. The van der Waals surface area contributed by atoms with E-state index >= 15 is 0 Å². The molecule has 0 aliphatic carbocycles. The van der Waals surface area contributed by atoms with Gasteiger partial charge in [-0.1, -0.05) is 26.0 Å². The molecule has 2 amide bonds. The lowest BCUT2D eigenvalue weighted by Crippen LogP contribution is -2.31. The van der Waals surface area contributed by atoms with Crippen LogP contribution in [-0.4, -0.2) is 27.6 Å². The molecule has 0 saturated heterocycles. The van der Waals surface area contributed by atoms with E-state index in [9.17, 15) is 9.59 Å². The number of nitrogens with zero attached hydrogens (tertiary/aromatic N) is 2. The Kier molecular flexibility index (Phi) is 7.38. The Hall–Kier alpha value is -2.63. The number of rotatable bonds is 8. The highest BCUT2D eigenvalue weighted by Gasteiger charge is 2.16.